The van der Waals surface area contributed by atoms with E-state index >= 15 is 0 Å². The standard InChI is InChI=1S/C18H25N5O2/c1-18(2,3)25-17(24)23(14-9-10-19-11-14)12-15-16(21-22-20-15)13-7-5-4-6-8-13/h4-8,14,19H,9-12H2,1-3H3,(H,20,21,22)/t14-/m0/s1. The summed E-state index contributed by atoms with van der Waals surface area (Å²) in [6.45, 7) is 7.65. The number of hydrogen-bond donors (Lipinski definition) is 2. The van der Waals surface area contributed by atoms with Crippen LogP contribution in [0.5, 0.6) is 0 Å². The maximum absolute atomic E-state index is 12.7. The van der Waals surface area contributed by atoms with Crippen LogP contribution < -0.4 is 5.32 Å². The molecule has 1 aliphatic heterocycles. The van der Waals surface area contributed by atoms with Crippen LogP contribution in [0.1, 0.15) is 32.9 Å². The smallest absolute Gasteiger partial charge is 0.410 e. The van der Waals surface area contributed by atoms with Crippen LogP contribution in [0.15, 0.2) is 30.3 Å². The van der Waals surface area contributed by atoms with Crippen LogP contribution in [0.25, 0.3) is 11.3 Å². The van der Waals surface area contributed by atoms with Crippen molar-refractivity contribution in [2.45, 2.75) is 45.4 Å². The van der Waals surface area contributed by atoms with E-state index < -0.39 is 5.60 Å². The van der Waals surface area contributed by atoms with E-state index in [9.17, 15) is 4.79 Å². The van der Waals surface area contributed by atoms with Gasteiger partial charge in [-0.3, -0.25) is 4.90 Å². The Balaban J connectivity index is 1.84. The summed E-state index contributed by atoms with van der Waals surface area (Å²) in [6.07, 6.45) is 0.584. The van der Waals surface area contributed by atoms with Gasteiger partial charge in [-0.25, -0.2) is 4.79 Å². The molecule has 1 aromatic carbocycles. The third kappa shape index (κ3) is 4.36. The molecule has 25 heavy (non-hydrogen) atoms. The summed E-state index contributed by atoms with van der Waals surface area (Å²) < 4.78 is 5.61. The van der Waals surface area contributed by atoms with Crippen molar-refractivity contribution in [1.82, 2.24) is 25.6 Å². The molecule has 2 N–H and O–H groups in total. The summed E-state index contributed by atoms with van der Waals surface area (Å²) in [4.78, 5) is 14.5. The van der Waals surface area contributed by atoms with Gasteiger partial charge in [0.2, 0.25) is 0 Å². The van der Waals surface area contributed by atoms with Gasteiger partial charge in [-0.1, -0.05) is 30.3 Å². The Kier molecular flexibility index (Phi) is 5.03. The molecule has 134 valence electrons. The first-order valence-corrected chi connectivity index (χ1v) is 8.59. The number of aromatic amines is 1. The van der Waals surface area contributed by atoms with Crippen molar-refractivity contribution < 1.29 is 9.53 Å². The fourth-order valence-electron chi connectivity index (χ4n) is 2.92. The number of benzene rings is 1. The Morgan fingerprint density at radius 2 is 2.04 bits per heavy atom. The van der Waals surface area contributed by atoms with E-state index in [4.69, 9.17) is 4.74 Å². The van der Waals surface area contributed by atoms with Crippen molar-refractivity contribution in [3.05, 3.63) is 36.0 Å². The molecule has 1 aromatic heterocycles. The van der Waals surface area contributed by atoms with Crippen LogP contribution in [-0.4, -0.2) is 51.1 Å². The summed E-state index contributed by atoms with van der Waals surface area (Å²) in [5.41, 5.74) is 1.94. The monoisotopic (exact) mass is 343 g/mol. The van der Waals surface area contributed by atoms with Crippen LogP contribution >= 0.6 is 0 Å². The normalized spacial score (nSPS) is 17.5. The molecule has 0 unspecified atom stereocenters. The molecule has 0 aliphatic carbocycles. The topological polar surface area (TPSA) is 83.1 Å². The number of carbonyl (C=O) groups excluding carboxylic acids is 1. The predicted octanol–water partition coefficient (Wildman–Crippen LogP) is 2.57. The Hall–Kier alpha value is -2.41. The average molecular weight is 343 g/mol. The number of carbonyl (C=O) groups is 1. The van der Waals surface area contributed by atoms with Gasteiger partial charge in [0.15, 0.2) is 0 Å². The minimum absolute atomic E-state index is 0.0928. The quantitative estimate of drug-likeness (QED) is 0.891. The number of aromatic nitrogens is 3. The van der Waals surface area contributed by atoms with Crippen molar-refractivity contribution >= 4 is 6.09 Å². The lowest BCUT2D eigenvalue weighted by Gasteiger charge is -2.31. The zero-order chi connectivity index (χ0) is 17.9. The number of amides is 1. The summed E-state index contributed by atoms with van der Waals surface area (Å²) in [5, 5.41) is 14.5. The maximum atomic E-state index is 12.7. The number of rotatable bonds is 4. The molecule has 0 bridgehead atoms. The first-order chi connectivity index (χ1) is 11.9. The fraction of sp³-hybridized carbons (Fsp3) is 0.500. The zero-order valence-electron chi connectivity index (χ0n) is 15.0. The molecule has 3 rings (SSSR count). The van der Waals surface area contributed by atoms with E-state index in [1.165, 1.54) is 0 Å². The third-order valence-corrected chi connectivity index (χ3v) is 4.09. The van der Waals surface area contributed by atoms with Crippen molar-refractivity contribution in [2.75, 3.05) is 13.1 Å². The van der Waals surface area contributed by atoms with Gasteiger partial charge in [0.05, 0.1) is 6.54 Å². The molecule has 1 aliphatic rings. The predicted molar refractivity (Wildman–Crippen MR) is 94.9 cm³/mol. The first-order valence-electron chi connectivity index (χ1n) is 8.59. The molecule has 7 heteroatoms. The minimum atomic E-state index is -0.534. The molecule has 0 spiro atoms. The first kappa shape index (κ1) is 17.4. The lowest BCUT2D eigenvalue weighted by atomic mass is 10.1. The lowest BCUT2D eigenvalue weighted by Crippen LogP contribution is -2.44. The molecule has 1 saturated heterocycles. The van der Waals surface area contributed by atoms with Gasteiger partial charge in [-0.05, 0) is 33.7 Å². The minimum Gasteiger partial charge on any atom is -0.444 e. The largest absolute Gasteiger partial charge is 0.444 e. The summed E-state index contributed by atoms with van der Waals surface area (Å²) in [7, 11) is 0. The van der Waals surface area contributed by atoms with Gasteiger partial charge in [0.25, 0.3) is 0 Å². The summed E-state index contributed by atoms with van der Waals surface area (Å²) in [5.74, 6) is 0. The second-order valence-corrected chi connectivity index (χ2v) is 7.24. The van der Waals surface area contributed by atoms with E-state index in [1.807, 2.05) is 51.1 Å². The summed E-state index contributed by atoms with van der Waals surface area (Å²) in [6, 6.07) is 9.93. The van der Waals surface area contributed by atoms with E-state index in [0.717, 1.165) is 36.5 Å². The highest BCUT2D eigenvalue weighted by atomic mass is 16.6. The second kappa shape index (κ2) is 7.23. The SMILES string of the molecule is CC(C)(C)OC(=O)N(Cc1n[nH]nc1-c1ccccc1)[C@H]1CCNC1. The number of ether oxygens (including phenoxy) is 1. The summed E-state index contributed by atoms with van der Waals surface area (Å²) >= 11 is 0. The fourth-order valence-corrected chi connectivity index (χ4v) is 2.92. The number of nitrogens with one attached hydrogen (secondary N) is 2. The van der Waals surface area contributed by atoms with Crippen LogP contribution in [0, 0.1) is 0 Å². The van der Waals surface area contributed by atoms with Crippen LogP contribution in [0.4, 0.5) is 4.79 Å². The Morgan fingerprint density at radius 3 is 2.68 bits per heavy atom. The molecule has 1 amide bonds. The zero-order valence-corrected chi connectivity index (χ0v) is 15.0. The van der Waals surface area contributed by atoms with Gasteiger partial charge in [0, 0.05) is 18.2 Å². The second-order valence-electron chi connectivity index (χ2n) is 7.24. The molecular formula is C18H25N5O2. The highest BCUT2D eigenvalue weighted by Gasteiger charge is 2.31. The van der Waals surface area contributed by atoms with Crippen molar-refractivity contribution in [2.24, 2.45) is 0 Å². The molecule has 1 fully saturated rings. The molecule has 2 heterocycles. The maximum Gasteiger partial charge on any atom is 0.410 e. The average Bonchev–Trinajstić information content (AvgIpc) is 3.23. The third-order valence-electron chi connectivity index (χ3n) is 4.09. The molecule has 0 radical (unpaired) electrons. The molecular weight excluding hydrogens is 318 g/mol. The van der Waals surface area contributed by atoms with Crippen molar-refractivity contribution in [1.29, 1.82) is 0 Å². The van der Waals surface area contributed by atoms with Gasteiger partial charge in [-0.2, -0.15) is 15.4 Å². The van der Waals surface area contributed by atoms with Gasteiger partial charge in [-0.15, -0.1) is 0 Å². The molecule has 2 aromatic rings. The van der Waals surface area contributed by atoms with Crippen molar-refractivity contribution in [3.8, 4) is 11.3 Å². The van der Waals surface area contributed by atoms with Gasteiger partial charge in [0.1, 0.15) is 17.0 Å². The van der Waals surface area contributed by atoms with E-state index in [-0.39, 0.29) is 12.1 Å². The Morgan fingerprint density at radius 1 is 1.28 bits per heavy atom. The van der Waals surface area contributed by atoms with E-state index in [2.05, 4.69) is 20.7 Å². The van der Waals surface area contributed by atoms with Crippen LogP contribution in [-0.2, 0) is 11.3 Å². The van der Waals surface area contributed by atoms with Crippen molar-refractivity contribution in [3.63, 3.8) is 0 Å². The Bertz CT molecular complexity index is 702. The molecule has 1 atom stereocenters. The number of H-pyrrole nitrogens is 1. The highest BCUT2D eigenvalue weighted by Crippen LogP contribution is 2.23. The van der Waals surface area contributed by atoms with Gasteiger partial charge >= 0.3 is 6.09 Å². The molecule has 7 nitrogen and oxygen atoms in total. The van der Waals surface area contributed by atoms with E-state index in [0.29, 0.717) is 6.54 Å². The number of hydrogen-bond acceptors (Lipinski definition) is 5. The van der Waals surface area contributed by atoms with Crippen LogP contribution in [0.2, 0.25) is 0 Å². The molecule has 0 saturated carbocycles. The lowest BCUT2D eigenvalue weighted by molar-refractivity contribution is 0.0154. The number of nitrogens with zero attached hydrogens (tertiary/aromatic N) is 3. The Labute approximate surface area is 147 Å². The van der Waals surface area contributed by atoms with E-state index in [1.54, 1.807) is 4.90 Å². The van der Waals surface area contributed by atoms with Crippen LogP contribution in [0.3, 0.4) is 0 Å². The van der Waals surface area contributed by atoms with Gasteiger partial charge < -0.3 is 10.1 Å². The highest BCUT2D eigenvalue weighted by molar-refractivity contribution is 5.69.